The van der Waals surface area contributed by atoms with Crippen molar-refractivity contribution >= 4 is 11.8 Å². The van der Waals surface area contributed by atoms with E-state index in [1.165, 1.54) is 6.07 Å². The molecule has 0 aromatic heterocycles. The topological polar surface area (TPSA) is 49.4 Å². The number of carbonyl (C=O) groups is 2. The van der Waals surface area contributed by atoms with Crippen LogP contribution in [0.5, 0.6) is 0 Å². The number of piperidine rings is 1. The molecule has 0 radical (unpaired) electrons. The zero-order chi connectivity index (χ0) is 20.9. The highest BCUT2D eigenvalue weighted by atomic mass is 19.4. The average Bonchev–Trinajstić information content (AvgIpc) is 3.25. The highest BCUT2D eigenvalue weighted by Gasteiger charge is 2.30. The summed E-state index contributed by atoms with van der Waals surface area (Å²) in [4.78, 5) is 26.4. The van der Waals surface area contributed by atoms with E-state index in [0.29, 0.717) is 17.9 Å². The first-order valence-corrected chi connectivity index (χ1v) is 10.2. The van der Waals surface area contributed by atoms with Gasteiger partial charge in [0.05, 0.1) is 5.56 Å². The molecule has 7 heteroatoms. The normalized spacial score (nSPS) is 17.9. The van der Waals surface area contributed by atoms with Crippen LogP contribution in [0.25, 0.3) is 0 Å². The third-order valence-corrected chi connectivity index (χ3v) is 5.74. The maximum atomic E-state index is 12.7. The van der Waals surface area contributed by atoms with Gasteiger partial charge in [-0.3, -0.25) is 9.59 Å². The summed E-state index contributed by atoms with van der Waals surface area (Å²) >= 11 is 0. The van der Waals surface area contributed by atoms with Crippen molar-refractivity contribution < 1.29 is 22.8 Å². The first kappa shape index (κ1) is 21.4. The van der Waals surface area contributed by atoms with E-state index < -0.39 is 11.7 Å². The molecule has 158 valence electrons. The molecule has 1 fully saturated rings. The summed E-state index contributed by atoms with van der Waals surface area (Å²) in [5, 5.41) is 2.70. The van der Waals surface area contributed by atoms with E-state index in [0.717, 1.165) is 69.3 Å². The lowest BCUT2D eigenvalue weighted by Gasteiger charge is -2.32. The first-order chi connectivity index (χ1) is 13.8. The number of hydrogen-bond acceptors (Lipinski definition) is 2. The van der Waals surface area contributed by atoms with Gasteiger partial charge >= 0.3 is 6.18 Å². The molecule has 1 aliphatic heterocycles. The number of allylic oxidation sites excluding steroid dienone is 1. The molecule has 3 rings (SSSR count). The molecule has 0 saturated carbocycles. The van der Waals surface area contributed by atoms with Crippen LogP contribution in [0.3, 0.4) is 0 Å². The number of likely N-dealkylation sites (tertiary alicyclic amines) is 1. The van der Waals surface area contributed by atoms with Gasteiger partial charge in [0.25, 0.3) is 0 Å². The van der Waals surface area contributed by atoms with Crippen molar-refractivity contribution in [3.63, 3.8) is 0 Å². The summed E-state index contributed by atoms with van der Waals surface area (Å²) in [7, 11) is 0. The molecule has 2 aliphatic rings. The molecular formula is C22H27F3N2O2. The van der Waals surface area contributed by atoms with Gasteiger partial charge < -0.3 is 10.2 Å². The number of carbonyl (C=O) groups excluding carboxylic acids is 2. The van der Waals surface area contributed by atoms with E-state index >= 15 is 0 Å². The lowest BCUT2D eigenvalue weighted by molar-refractivity contribution is -0.137. The van der Waals surface area contributed by atoms with Gasteiger partial charge in [-0.2, -0.15) is 13.2 Å². The predicted molar refractivity (Wildman–Crippen MR) is 104 cm³/mol. The van der Waals surface area contributed by atoms with Gasteiger partial charge in [0.2, 0.25) is 11.8 Å². The highest BCUT2D eigenvalue weighted by molar-refractivity contribution is 5.93. The van der Waals surface area contributed by atoms with Gasteiger partial charge in [0.15, 0.2) is 0 Å². The van der Waals surface area contributed by atoms with Crippen molar-refractivity contribution in [1.82, 2.24) is 10.2 Å². The Bertz CT molecular complexity index is 766. The van der Waals surface area contributed by atoms with Crippen LogP contribution in [0.1, 0.15) is 56.1 Å². The van der Waals surface area contributed by atoms with Crippen molar-refractivity contribution in [1.29, 1.82) is 0 Å². The minimum Gasteiger partial charge on any atom is -0.352 e. The summed E-state index contributed by atoms with van der Waals surface area (Å²) in [6.07, 6.45) is 3.46. The first-order valence-electron chi connectivity index (χ1n) is 10.2. The fraction of sp³-hybridized carbons (Fsp3) is 0.545. The van der Waals surface area contributed by atoms with Crippen molar-refractivity contribution in [3.8, 4) is 0 Å². The summed E-state index contributed by atoms with van der Waals surface area (Å²) in [6, 6.07) is 5.00. The van der Waals surface area contributed by atoms with Crippen LogP contribution in [0.2, 0.25) is 0 Å². The Morgan fingerprint density at radius 2 is 1.93 bits per heavy atom. The molecule has 1 aromatic carbocycles. The van der Waals surface area contributed by atoms with E-state index in [9.17, 15) is 22.8 Å². The number of halogens is 3. The van der Waals surface area contributed by atoms with Gasteiger partial charge in [0, 0.05) is 31.6 Å². The number of hydrogen-bond donors (Lipinski definition) is 1. The SMILES string of the molecule is O=C(CCC1CCN(C(=O)C2=CCCC2)CC1)NCc1cccc(C(F)(F)F)c1. The third-order valence-electron chi connectivity index (χ3n) is 5.74. The second kappa shape index (κ2) is 9.46. The second-order valence-corrected chi connectivity index (χ2v) is 7.87. The van der Waals surface area contributed by atoms with Crippen LogP contribution in [0, 0.1) is 5.92 Å². The second-order valence-electron chi connectivity index (χ2n) is 7.87. The molecule has 0 atom stereocenters. The third kappa shape index (κ3) is 6.08. The maximum Gasteiger partial charge on any atom is 0.416 e. The molecule has 1 aromatic rings. The molecule has 1 aliphatic carbocycles. The molecule has 0 spiro atoms. The fourth-order valence-corrected chi connectivity index (χ4v) is 3.97. The van der Waals surface area contributed by atoms with Gasteiger partial charge in [-0.05, 0) is 62.1 Å². The standard InChI is InChI=1S/C22H27F3N2O2/c23-22(24,25)19-7-3-4-17(14-19)15-26-20(28)9-8-16-10-12-27(13-11-16)21(29)18-5-1-2-6-18/h3-5,7,14,16H,1-2,6,8-13,15H2,(H,26,28). The Balaban J connectivity index is 1.37. The van der Waals surface area contributed by atoms with Crippen LogP contribution in [-0.4, -0.2) is 29.8 Å². The fourth-order valence-electron chi connectivity index (χ4n) is 3.97. The van der Waals surface area contributed by atoms with Crippen LogP contribution in [0.4, 0.5) is 13.2 Å². The number of rotatable bonds is 6. The molecule has 2 amide bonds. The van der Waals surface area contributed by atoms with Crippen LogP contribution < -0.4 is 5.32 Å². The largest absolute Gasteiger partial charge is 0.416 e. The van der Waals surface area contributed by atoms with E-state index in [-0.39, 0.29) is 18.4 Å². The van der Waals surface area contributed by atoms with E-state index in [2.05, 4.69) is 5.32 Å². The Morgan fingerprint density at radius 3 is 2.59 bits per heavy atom. The minimum atomic E-state index is -4.38. The van der Waals surface area contributed by atoms with Crippen molar-refractivity contribution in [3.05, 3.63) is 47.0 Å². The smallest absolute Gasteiger partial charge is 0.352 e. The summed E-state index contributed by atoms with van der Waals surface area (Å²) in [6.45, 7) is 1.55. The monoisotopic (exact) mass is 408 g/mol. The number of nitrogens with one attached hydrogen (secondary N) is 1. The number of amides is 2. The Morgan fingerprint density at radius 1 is 1.17 bits per heavy atom. The van der Waals surface area contributed by atoms with E-state index in [1.807, 2.05) is 11.0 Å². The van der Waals surface area contributed by atoms with Crippen molar-refractivity contribution in [2.24, 2.45) is 5.92 Å². The van der Waals surface area contributed by atoms with Gasteiger partial charge in [-0.15, -0.1) is 0 Å². The lowest BCUT2D eigenvalue weighted by Crippen LogP contribution is -2.39. The van der Waals surface area contributed by atoms with E-state index in [4.69, 9.17) is 0 Å². The van der Waals surface area contributed by atoms with Gasteiger partial charge in [-0.25, -0.2) is 0 Å². The zero-order valence-corrected chi connectivity index (χ0v) is 16.4. The Labute approximate surface area is 169 Å². The number of benzene rings is 1. The lowest BCUT2D eigenvalue weighted by atomic mass is 9.91. The summed E-state index contributed by atoms with van der Waals surface area (Å²) in [5.41, 5.74) is 0.664. The van der Waals surface area contributed by atoms with Gasteiger partial charge in [0.1, 0.15) is 0 Å². The molecule has 1 heterocycles. The Hall–Kier alpha value is -2.31. The van der Waals surface area contributed by atoms with Crippen LogP contribution in [0.15, 0.2) is 35.9 Å². The van der Waals surface area contributed by atoms with Gasteiger partial charge in [-0.1, -0.05) is 18.2 Å². The summed E-state index contributed by atoms with van der Waals surface area (Å²) < 4.78 is 38.2. The maximum absolute atomic E-state index is 12.7. The molecule has 4 nitrogen and oxygen atoms in total. The highest BCUT2D eigenvalue weighted by Crippen LogP contribution is 2.29. The predicted octanol–water partition coefficient (Wildman–Crippen LogP) is 4.45. The van der Waals surface area contributed by atoms with E-state index in [1.54, 1.807) is 6.07 Å². The van der Waals surface area contributed by atoms with Crippen LogP contribution >= 0.6 is 0 Å². The molecule has 29 heavy (non-hydrogen) atoms. The van der Waals surface area contributed by atoms with Crippen molar-refractivity contribution in [2.45, 2.75) is 57.7 Å². The molecule has 0 unspecified atom stereocenters. The van der Waals surface area contributed by atoms with Crippen LogP contribution in [-0.2, 0) is 22.3 Å². The number of alkyl halides is 3. The summed E-state index contributed by atoms with van der Waals surface area (Å²) in [5.74, 6) is 0.410. The zero-order valence-electron chi connectivity index (χ0n) is 16.4. The Kier molecular flexibility index (Phi) is 6.98. The van der Waals surface area contributed by atoms with Crippen molar-refractivity contribution in [2.75, 3.05) is 13.1 Å². The molecule has 1 saturated heterocycles. The number of nitrogens with zero attached hydrogens (tertiary/aromatic N) is 1. The molecule has 0 bridgehead atoms. The minimum absolute atomic E-state index is 0.0881. The average molecular weight is 408 g/mol. The molecular weight excluding hydrogens is 381 g/mol. The molecule has 1 N–H and O–H groups in total. The quantitative estimate of drug-likeness (QED) is 0.756.